The topological polar surface area (TPSA) is 86.7 Å². The summed E-state index contributed by atoms with van der Waals surface area (Å²) in [5, 5.41) is 0.901. The third-order valence-electron chi connectivity index (χ3n) is 2.05. The van der Waals surface area contributed by atoms with E-state index in [9.17, 15) is 13.2 Å². The number of nitrogens with one attached hydrogen (secondary N) is 1. The maximum atomic E-state index is 11.4. The average Bonchev–Trinajstić information content (AvgIpc) is 2.09. The summed E-state index contributed by atoms with van der Waals surface area (Å²) in [6.45, 7) is 3.97. The van der Waals surface area contributed by atoms with Crippen molar-refractivity contribution in [2.24, 2.45) is 0 Å². The van der Waals surface area contributed by atoms with Crippen LogP contribution in [-0.2, 0) is 10.1 Å². The largest absolute Gasteiger partial charge is 0.322 e. The normalized spacial score (nSPS) is 22.3. The second kappa shape index (κ2) is 4.19. The van der Waals surface area contributed by atoms with Gasteiger partial charge in [-0.1, -0.05) is 6.92 Å². The molecule has 1 aliphatic heterocycles. The average molecular weight is 234 g/mol. The van der Waals surface area contributed by atoms with Crippen LogP contribution >= 0.6 is 0 Å². The zero-order valence-electron chi connectivity index (χ0n) is 8.60. The second-order valence-corrected chi connectivity index (χ2v) is 4.91. The fourth-order valence-corrected chi connectivity index (χ4v) is 2.18. The lowest BCUT2D eigenvalue weighted by atomic mass is 10.2. The van der Waals surface area contributed by atoms with Crippen molar-refractivity contribution in [1.29, 1.82) is 0 Å². The molecular weight excluding hydrogens is 220 g/mol. The van der Waals surface area contributed by atoms with Crippen molar-refractivity contribution in [3.8, 4) is 0 Å². The first-order chi connectivity index (χ1) is 6.86. The van der Waals surface area contributed by atoms with E-state index in [0.29, 0.717) is 12.1 Å². The van der Waals surface area contributed by atoms with Gasteiger partial charge in [0.25, 0.3) is 10.1 Å². The molecule has 0 fully saturated rings. The minimum Gasteiger partial charge on any atom is -0.315 e. The number of amides is 2. The highest BCUT2D eigenvalue weighted by molar-refractivity contribution is 7.86. The molecule has 2 N–H and O–H groups in total. The smallest absolute Gasteiger partial charge is 0.315 e. The lowest BCUT2D eigenvalue weighted by Crippen LogP contribution is -2.50. The molecule has 15 heavy (non-hydrogen) atoms. The molecule has 1 aliphatic rings. The molecule has 0 saturated carbocycles. The zero-order chi connectivity index (χ0) is 11.6. The van der Waals surface area contributed by atoms with E-state index >= 15 is 0 Å². The molecule has 0 spiro atoms. The quantitative estimate of drug-likeness (QED) is 0.698. The van der Waals surface area contributed by atoms with Crippen molar-refractivity contribution in [3.63, 3.8) is 0 Å². The Morgan fingerprint density at radius 3 is 2.67 bits per heavy atom. The molecule has 0 bridgehead atoms. The third-order valence-corrected chi connectivity index (χ3v) is 3.14. The summed E-state index contributed by atoms with van der Waals surface area (Å²) in [6, 6.07) is -0.509. The van der Waals surface area contributed by atoms with Gasteiger partial charge in [0.15, 0.2) is 5.37 Å². The van der Waals surface area contributed by atoms with E-state index < -0.39 is 21.5 Å². The van der Waals surface area contributed by atoms with Crippen LogP contribution in [0.15, 0.2) is 11.8 Å². The Morgan fingerprint density at radius 1 is 1.60 bits per heavy atom. The number of urea groups is 1. The predicted octanol–water partition coefficient (Wildman–Crippen LogP) is 0.539. The summed E-state index contributed by atoms with van der Waals surface area (Å²) >= 11 is 0. The van der Waals surface area contributed by atoms with Crippen molar-refractivity contribution in [2.75, 3.05) is 6.54 Å². The van der Waals surface area contributed by atoms with Crippen LogP contribution in [0.25, 0.3) is 0 Å². The van der Waals surface area contributed by atoms with E-state index in [0.717, 1.165) is 6.42 Å². The molecule has 1 rings (SSSR count). The predicted molar refractivity (Wildman–Crippen MR) is 54.6 cm³/mol. The van der Waals surface area contributed by atoms with Crippen LogP contribution in [0.1, 0.15) is 20.3 Å². The number of nitrogens with zero attached hydrogens (tertiary/aromatic N) is 1. The van der Waals surface area contributed by atoms with Gasteiger partial charge in [-0.2, -0.15) is 8.42 Å². The Balaban J connectivity index is 2.95. The molecular formula is C8H14N2O4S. The van der Waals surface area contributed by atoms with Crippen LogP contribution in [0.2, 0.25) is 0 Å². The lowest BCUT2D eigenvalue weighted by molar-refractivity contribution is 0.210. The Labute approximate surface area is 88.7 Å². The standard InChI is InChI=1S/C8H14N2O4S/c1-3-4-10-5-6(2)7(9-8(10)11)15(12,13)14/h5,7H,3-4H2,1-2H3,(H,9,11)(H,12,13,14). The van der Waals surface area contributed by atoms with Crippen molar-refractivity contribution in [1.82, 2.24) is 10.2 Å². The molecule has 0 aliphatic carbocycles. The first-order valence-corrected chi connectivity index (χ1v) is 6.08. The molecule has 0 saturated heterocycles. The Hall–Kier alpha value is -1.08. The highest BCUT2D eigenvalue weighted by Gasteiger charge is 2.32. The summed E-state index contributed by atoms with van der Waals surface area (Å²) in [5.74, 6) is 0. The second-order valence-electron chi connectivity index (χ2n) is 3.41. The number of carbonyl (C=O) groups excluding carboxylic acids is 1. The van der Waals surface area contributed by atoms with Gasteiger partial charge < -0.3 is 10.2 Å². The molecule has 6 nitrogen and oxygen atoms in total. The summed E-state index contributed by atoms with van der Waals surface area (Å²) in [5.41, 5.74) is 0.394. The van der Waals surface area contributed by atoms with Crippen molar-refractivity contribution in [3.05, 3.63) is 11.8 Å². The van der Waals surface area contributed by atoms with Crippen LogP contribution in [0, 0.1) is 0 Å². The number of carbonyl (C=O) groups is 1. The molecule has 1 atom stereocenters. The molecule has 0 aromatic rings. The zero-order valence-corrected chi connectivity index (χ0v) is 9.41. The highest BCUT2D eigenvalue weighted by Crippen LogP contribution is 2.15. The fraction of sp³-hybridized carbons (Fsp3) is 0.625. The van der Waals surface area contributed by atoms with Crippen LogP contribution in [0.3, 0.4) is 0 Å². The third kappa shape index (κ3) is 2.69. The van der Waals surface area contributed by atoms with Crippen LogP contribution in [0.5, 0.6) is 0 Å². The van der Waals surface area contributed by atoms with Gasteiger partial charge in [-0.05, 0) is 18.9 Å². The monoisotopic (exact) mass is 234 g/mol. The van der Waals surface area contributed by atoms with Gasteiger partial charge >= 0.3 is 6.03 Å². The van der Waals surface area contributed by atoms with E-state index in [1.165, 1.54) is 11.1 Å². The van der Waals surface area contributed by atoms with Gasteiger partial charge in [-0.15, -0.1) is 0 Å². The van der Waals surface area contributed by atoms with Gasteiger partial charge in [-0.25, -0.2) is 4.79 Å². The fourth-order valence-electron chi connectivity index (χ4n) is 1.40. The molecule has 0 aromatic heterocycles. The molecule has 7 heteroatoms. The number of hydrogen-bond donors (Lipinski definition) is 2. The van der Waals surface area contributed by atoms with Gasteiger partial charge in [0.2, 0.25) is 0 Å². The summed E-state index contributed by atoms with van der Waals surface area (Å²) in [7, 11) is -4.27. The van der Waals surface area contributed by atoms with Crippen molar-refractivity contribution >= 4 is 16.1 Å². The molecule has 0 radical (unpaired) electrons. The summed E-state index contributed by atoms with van der Waals surface area (Å²) in [6.07, 6.45) is 2.22. The minimum atomic E-state index is -4.27. The van der Waals surface area contributed by atoms with Gasteiger partial charge in [0.1, 0.15) is 0 Å². The van der Waals surface area contributed by atoms with E-state index in [-0.39, 0.29) is 0 Å². The van der Waals surface area contributed by atoms with Crippen molar-refractivity contribution < 1.29 is 17.8 Å². The first-order valence-electron chi connectivity index (χ1n) is 4.58. The Bertz CT molecular complexity index is 387. The van der Waals surface area contributed by atoms with E-state index in [4.69, 9.17) is 4.55 Å². The van der Waals surface area contributed by atoms with Gasteiger partial charge in [0.05, 0.1) is 0 Å². The van der Waals surface area contributed by atoms with E-state index in [1.54, 1.807) is 6.92 Å². The number of hydrogen-bond acceptors (Lipinski definition) is 3. The molecule has 1 unspecified atom stereocenters. The molecule has 2 amide bonds. The van der Waals surface area contributed by atoms with Gasteiger partial charge in [0, 0.05) is 12.7 Å². The van der Waals surface area contributed by atoms with Crippen LogP contribution < -0.4 is 5.32 Å². The molecule has 0 aromatic carbocycles. The van der Waals surface area contributed by atoms with Gasteiger partial charge in [-0.3, -0.25) is 4.55 Å². The summed E-state index contributed by atoms with van der Waals surface area (Å²) < 4.78 is 30.6. The van der Waals surface area contributed by atoms with Crippen LogP contribution in [0.4, 0.5) is 4.79 Å². The highest BCUT2D eigenvalue weighted by atomic mass is 32.2. The van der Waals surface area contributed by atoms with E-state index in [1.807, 2.05) is 6.92 Å². The maximum absolute atomic E-state index is 11.4. The SMILES string of the molecule is CCCN1C=C(C)C(S(=O)(=O)O)NC1=O. The minimum absolute atomic E-state index is 0.394. The Morgan fingerprint density at radius 2 is 2.20 bits per heavy atom. The molecule has 86 valence electrons. The summed E-state index contributed by atoms with van der Waals surface area (Å²) in [4.78, 5) is 12.8. The maximum Gasteiger partial charge on any atom is 0.322 e. The molecule has 1 heterocycles. The van der Waals surface area contributed by atoms with Crippen molar-refractivity contribution in [2.45, 2.75) is 25.6 Å². The number of rotatable bonds is 3. The lowest BCUT2D eigenvalue weighted by Gasteiger charge is -2.28. The first kappa shape index (κ1) is 12.0. The van der Waals surface area contributed by atoms with E-state index in [2.05, 4.69) is 5.32 Å². The van der Waals surface area contributed by atoms with Crippen LogP contribution in [-0.4, -0.2) is 35.8 Å². The Kier molecular flexibility index (Phi) is 3.35.